The van der Waals surface area contributed by atoms with Gasteiger partial charge in [-0.1, -0.05) is 47.1 Å². The van der Waals surface area contributed by atoms with Crippen LogP contribution in [0.2, 0.25) is 5.02 Å². The third kappa shape index (κ3) is 4.49. The summed E-state index contributed by atoms with van der Waals surface area (Å²) in [6, 6.07) is 17.2. The molecule has 1 amide bonds. The Labute approximate surface area is 183 Å². The minimum absolute atomic E-state index is 0.151. The van der Waals surface area contributed by atoms with Crippen LogP contribution in [0.15, 0.2) is 65.2 Å². The largest absolute Gasteiger partial charge is 0.419 e. The molecule has 8 nitrogen and oxygen atoms in total. The predicted octanol–water partition coefficient (Wildman–Crippen LogP) is 3.83. The van der Waals surface area contributed by atoms with Gasteiger partial charge >= 0.3 is 0 Å². The lowest BCUT2D eigenvalue weighted by molar-refractivity contribution is 0.0708. The molecule has 1 saturated carbocycles. The van der Waals surface area contributed by atoms with Crippen molar-refractivity contribution in [1.82, 2.24) is 30.1 Å². The van der Waals surface area contributed by atoms with Crippen LogP contribution in [0.25, 0.3) is 11.5 Å². The number of amides is 1. The van der Waals surface area contributed by atoms with Gasteiger partial charge in [0.15, 0.2) is 5.69 Å². The topological polar surface area (TPSA) is 89.9 Å². The third-order valence-corrected chi connectivity index (χ3v) is 5.31. The summed E-state index contributed by atoms with van der Waals surface area (Å²) in [5.74, 6) is 0.582. The van der Waals surface area contributed by atoms with E-state index in [9.17, 15) is 4.79 Å². The van der Waals surface area contributed by atoms with E-state index in [1.165, 1.54) is 0 Å². The number of aromatic nitrogens is 5. The second kappa shape index (κ2) is 8.31. The first-order valence-corrected chi connectivity index (χ1v) is 10.4. The van der Waals surface area contributed by atoms with E-state index in [4.69, 9.17) is 16.0 Å². The van der Waals surface area contributed by atoms with Gasteiger partial charge in [0.2, 0.25) is 11.8 Å². The number of carbonyl (C=O) groups excluding carboxylic acids is 1. The first-order chi connectivity index (χ1) is 15.2. The van der Waals surface area contributed by atoms with Crippen LogP contribution in [-0.2, 0) is 13.1 Å². The van der Waals surface area contributed by atoms with Crippen molar-refractivity contribution in [2.45, 2.75) is 32.0 Å². The smallest absolute Gasteiger partial charge is 0.276 e. The molecule has 5 rings (SSSR count). The molecule has 2 aromatic carbocycles. The van der Waals surface area contributed by atoms with Crippen molar-refractivity contribution in [2.24, 2.45) is 0 Å². The Kier molecular flexibility index (Phi) is 5.21. The van der Waals surface area contributed by atoms with Crippen LogP contribution >= 0.6 is 11.6 Å². The molecule has 0 bridgehead atoms. The van der Waals surface area contributed by atoms with Crippen molar-refractivity contribution in [1.29, 1.82) is 0 Å². The van der Waals surface area contributed by atoms with Crippen LogP contribution in [0.4, 0.5) is 0 Å². The fourth-order valence-electron chi connectivity index (χ4n) is 3.32. The molecule has 31 heavy (non-hydrogen) atoms. The number of hydrogen-bond donors (Lipinski definition) is 0. The number of carbonyl (C=O) groups is 1. The molecule has 2 heterocycles. The van der Waals surface area contributed by atoms with Gasteiger partial charge in [-0.3, -0.25) is 4.79 Å². The Hall–Kier alpha value is -3.52. The lowest BCUT2D eigenvalue weighted by Crippen LogP contribution is -2.33. The van der Waals surface area contributed by atoms with Gasteiger partial charge in [0.1, 0.15) is 0 Å². The Balaban J connectivity index is 1.30. The van der Waals surface area contributed by atoms with Crippen LogP contribution in [0.5, 0.6) is 0 Å². The zero-order valence-corrected chi connectivity index (χ0v) is 17.3. The van der Waals surface area contributed by atoms with E-state index < -0.39 is 0 Å². The van der Waals surface area contributed by atoms with Crippen LogP contribution in [-0.4, -0.2) is 42.0 Å². The molecule has 156 valence electrons. The molecule has 0 saturated heterocycles. The lowest BCUT2D eigenvalue weighted by atomic mass is 10.2. The normalized spacial score (nSPS) is 13.3. The molecule has 4 aromatic rings. The average Bonchev–Trinajstić information content (AvgIpc) is 3.34. The van der Waals surface area contributed by atoms with Crippen LogP contribution in [0.3, 0.4) is 0 Å². The molecular weight excluding hydrogens is 416 g/mol. The van der Waals surface area contributed by atoms with E-state index in [2.05, 4.69) is 20.5 Å². The Bertz CT molecular complexity index is 1180. The molecule has 1 fully saturated rings. The quantitative estimate of drug-likeness (QED) is 0.439. The number of nitrogens with zero attached hydrogens (tertiary/aromatic N) is 6. The van der Waals surface area contributed by atoms with Gasteiger partial charge in [-0.05, 0) is 42.7 Å². The standard InChI is InChI=1S/C22H19ClN6O2/c23-17-8-6-16(7-9-17)21-26-25-20(31-21)14-29(18-10-11-18)22(30)19-13-28(27-24-19)12-15-4-2-1-3-5-15/h1-9,13,18H,10-12,14H2. The second-order valence-electron chi connectivity index (χ2n) is 7.46. The van der Waals surface area contributed by atoms with Gasteiger partial charge < -0.3 is 9.32 Å². The monoisotopic (exact) mass is 434 g/mol. The van der Waals surface area contributed by atoms with E-state index in [0.717, 1.165) is 24.0 Å². The first kappa shape index (κ1) is 19.4. The summed E-state index contributed by atoms with van der Waals surface area (Å²) in [4.78, 5) is 14.8. The summed E-state index contributed by atoms with van der Waals surface area (Å²) in [7, 11) is 0. The first-order valence-electron chi connectivity index (χ1n) is 9.99. The highest BCUT2D eigenvalue weighted by Gasteiger charge is 2.35. The van der Waals surface area contributed by atoms with Gasteiger partial charge in [-0.25, -0.2) is 4.68 Å². The van der Waals surface area contributed by atoms with Crippen molar-refractivity contribution in [3.63, 3.8) is 0 Å². The highest BCUT2D eigenvalue weighted by Crippen LogP contribution is 2.30. The zero-order chi connectivity index (χ0) is 21.2. The third-order valence-electron chi connectivity index (χ3n) is 5.06. The SMILES string of the molecule is O=C(c1cn(Cc2ccccc2)nn1)N(Cc1nnc(-c2ccc(Cl)cc2)o1)C1CC1. The molecule has 0 aliphatic heterocycles. The molecule has 0 unspecified atom stereocenters. The minimum atomic E-state index is -0.187. The summed E-state index contributed by atoms with van der Waals surface area (Å²) < 4.78 is 7.45. The summed E-state index contributed by atoms with van der Waals surface area (Å²) in [6.07, 6.45) is 3.57. The molecule has 0 N–H and O–H groups in total. The minimum Gasteiger partial charge on any atom is -0.419 e. The van der Waals surface area contributed by atoms with E-state index >= 15 is 0 Å². The van der Waals surface area contributed by atoms with Gasteiger partial charge in [0.25, 0.3) is 5.91 Å². The van der Waals surface area contributed by atoms with Crippen molar-refractivity contribution >= 4 is 17.5 Å². The molecule has 1 aliphatic rings. The van der Waals surface area contributed by atoms with E-state index in [1.807, 2.05) is 42.5 Å². The van der Waals surface area contributed by atoms with Gasteiger partial charge in [0, 0.05) is 16.6 Å². The summed E-state index contributed by atoms with van der Waals surface area (Å²) in [5.41, 5.74) is 2.17. The molecule has 1 aliphatic carbocycles. The number of hydrogen-bond acceptors (Lipinski definition) is 6. The molecule has 2 aromatic heterocycles. The average molecular weight is 435 g/mol. The van der Waals surface area contributed by atoms with E-state index in [0.29, 0.717) is 29.0 Å². The highest BCUT2D eigenvalue weighted by atomic mass is 35.5. The van der Waals surface area contributed by atoms with Crippen LogP contribution in [0, 0.1) is 0 Å². The summed E-state index contributed by atoms with van der Waals surface area (Å²) >= 11 is 5.93. The van der Waals surface area contributed by atoms with Gasteiger partial charge in [0.05, 0.1) is 19.3 Å². The molecule has 9 heteroatoms. The maximum Gasteiger partial charge on any atom is 0.276 e. The second-order valence-corrected chi connectivity index (χ2v) is 7.90. The van der Waals surface area contributed by atoms with Crippen LogP contribution in [0.1, 0.15) is 34.8 Å². The summed E-state index contributed by atoms with van der Waals surface area (Å²) in [5, 5.41) is 17.1. The summed E-state index contributed by atoms with van der Waals surface area (Å²) in [6.45, 7) is 0.786. The van der Waals surface area contributed by atoms with Crippen molar-refractivity contribution in [2.75, 3.05) is 0 Å². The fraction of sp³-hybridized carbons (Fsp3) is 0.227. The Morgan fingerprint density at radius 3 is 2.58 bits per heavy atom. The Morgan fingerprint density at radius 2 is 1.84 bits per heavy atom. The highest BCUT2D eigenvalue weighted by molar-refractivity contribution is 6.30. The molecular formula is C22H19ClN6O2. The number of halogens is 1. The molecule has 0 atom stereocenters. The lowest BCUT2D eigenvalue weighted by Gasteiger charge is -2.18. The zero-order valence-electron chi connectivity index (χ0n) is 16.6. The number of benzene rings is 2. The maximum atomic E-state index is 13.1. The van der Waals surface area contributed by atoms with Crippen molar-refractivity contribution in [3.05, 3.63) is 83.0 Å². The van der Waals surface area contributed by atoms with Crippen LogP contribution < -0.4 is 0 Å². The van der Waals surface area contributed by atoms with E-state index in [1.54, 1.807) is 27.9 Å². The van der Waals surface area contributed by atoms with Crippen molar-refractivity contribution in [3.8, 4) is 11.5 Å². The van der Waals surface area contributed by atoms with E-state index in [-0.39, 0.29) is 18.5 Å². The van der Waals surface area contributed by atoms with Gasteiger partial charge in [-0.15, -0.1) is 15.3 Å². The Morgan fingerprint density at radius 1 is 1.06 bits per heavy atom. The molecule has 0 radical (unpaired) electrons. The van der Waals surface area contributed by atoms with Gasteiger partial charge in [-0.2, -0.15) is 0 Å². The number of rotatable bonds is 7. The maximum absolute atomic E-state index is 13.1. The molecule has 0 spiro atoms. The van der Waals surface area contributed by atoms with Crippen molar-refractivity contribution < 1.29 is 9.21 Å². The predicted molar refractivity (Wildman–Crippen MR) is 113 cm³/mol. The fourth-order valence-corrected chi connectivity index (χ4v) is 3.44.